The molecule has 2 aliphatic rings. The maximum atomic E-state index is 12.8. The average molecular weight is 347 g/mol. The molecule has 1 atom stereocenters. The smallest absolute Gasteiger partial charge is 0.228 e. The summed E-state index contributed by atoms with van der Waals surface area (Å²) in [6.45, 7) is 3.59. The molecule has 2 fully saturated rings. The van der Waals surface area contributed by atoms with Crippen LogP contribution in [-0.4, -0.2) is 63.7 Å². The van der Waals surface area contributed by atoms with Gasteiger partial charge in [-0.25, -0.2) is 0 Å². The second-order valence-electron chi connectivity index (χ2n) is 6.37. The summed E-state index contributed by atoms with van der Waals surface area (Å²) >= 11 is 0. The van der Waals surface area contributed by atoms with Gasteiger partial charge in [-0.3, -0.25) is 9.59 Å². The second kappa shape index (κ2) is 7.74. The Bertz CT molecular complexity index is 641. The Kier molecular flexibility index (Phi) is 5.43. The summed E-state index contributed by atoms with van der Waals surface area (Å²) in [6, 6.07) is 5.34. The van der Waals surface area contributed by atoms with Crippen molar-refractivity contribution < 1.29 is 19.1 Å². The number of carbonyl (C=O) groups excluding carboxylic acids is 2. The number of ether oxygens (including phenoxy) is 2. The van der Waals surface area contributed by atoms with E-state index in [1.54, 1.807) is 37.3 Å². The first-order valence-electron chi connectivity index (χ1n) is 8.66. The Morgan fingerprint density at radius 1 is 1.20 bits per heavy atom. The molecule has 136 valence electrons. The van der Waals surface area contributed by atoms with Crippen molar-refractivity contribution in [3.63, 3.8) is 0 Å². The first-order valence-corrected chi connectivity index (χ1v) is 8.66. The van der Waals surface area contributed by atoms with Gasteiger partial charge in [0, 0.05) is 38.7 Å². The number of rotatable bonds is 4. The van der Waals surface area contributed by atoms with E-state index in [1.165, 1.54) is 0 Å². The molecule has 1 aromatic carbocycles. The molecule has 0 saturated carbocycles. The van der Waals surface area contributed by atoms with Crippen molar-refractivity contribution in [1.82, 2.24) is 10.2 Å². The van der Waals surface area contributed by atoms with Crippen LogP contribution in [0, 0.1) is 5.92 Å². The molecule has 7 heteroatoms. The van der Waals surface area contributed by atoms with Gasteiger partial charge in [-0.15, -0.1) is 0 Å². The highest BCUT2D eigenvalue weighted by molar-refractivity contribution is 6.01. The Morgan fingerprint density at radius 2 is 2.04 bits per heavy atom. The molecule has 0 spiro atoms. The molecule has 1 aromatic rings. The van der Waals surface area contributed by atoms with E-state index in [2.05, 4.69) is 5.32 Å². The van der Waals surface area contributed by atoms with E-state index < -0.39 is 0 Å². The predicted octanol–water partition coefficient (Wildman–Crippen LogP) is 0.879. The van der Waals surface area contributed by atoms with E-state index in [-0.39, 0.29) is 24.2 Å². The van der Waals surface area contributed by atoms with E-state index in [1.807, 2.05) is 4.90 Å². The molecule has 1 N–H and O–H groups in total. The minimum absolute atomic E-state index is 0.0465. The lowest BCUT2D eigenvalue weighted by Gasteiger charge is -2.24. The van der Waals surface area contributed by atoms with Crippen molar-refractivity contribution in [3.8, 4) is 11.5 Å². The fourth-order valence-electron chi connectivity index (χ4n) is 3.44. The first-order chi connectivity index (χ1) is 12.1. The van der Waals surface area contributed by atoms with E-state index in [4.69, 9.17) is 9.47 Å². The Balaban J connectivity index is 1.75. The van der Waals surface area contributed by atoms with Crippen LogP contribution in [0.5, 0.6) is 11.5 Å². The van der Waals surface area contributed by atoms with Crippen LogP contribution in [0.1, 0.15) is 12.8 Å². The van der Waals surface area contributed by atoms with Crippen LogP contribution >= 0.6 is 0 Å². The first kappa shape index (κ1) is 17.5. The van der Waals surface area contributed by atoms with Crippen molar-refractivity contribution in [2.24, 2.45) is 5.92 Å². The average Bonchev–Trinajstić information content (AvgIpc) is 2.85. The van der Waals surface area contributed by atoms with E-state index in [0.29, 0.717) is 30.3 Å². The molecule has 3 rings (SSSR count). The number of amides is 2. The van der Waals surface area contributed by atoms with Crippen molar-refractivity contribution in [3.05, 3.63) is 18.2 Å². The van der Waals surface area contributed by atoms with E-state index >= 15 is 0 Å². The van der Waals surface area contributed by atoms with E-state index in [0.717, 1.165) is 26.1 Å². The minimum atomic E-state index is -0.294. The molecule has 25 heavy (non-hydrogen) atoms. The molecular weight excluding hydrogens is 322 g/mol. The van der Waals surface area contributed by atoms with Gasteiger partial charge in [-0.05, 0) is 25.1 Å². The molecule has 2 saturated heterocycles. The van der Waals surface area contributed by atoms with Gasteiger partial charge in [0.25, 0.3) is 0 Å². The topological polar surface area (TPSA) is 71.1 Å². The Hall–Kier alpha value is -2.28. The van der Waals surface area contributed by atoms with Crippen LogP contribution in [0.2, 0.25) is 0 Å². The highest BCUT2D eigenvalue weighted by Gasteiger charge is 2.38. The lowest BCUT2D eigenvalue weighted by molar-refractivity contribution is -0.135. The van der Waals surface area contributed by atoms with Crippen LogP contribution in [0.25, 0.3) is 0 Å². The predicted molar refractivity (Wildman–Crippen MR) is 94.1 cm³/mol. The second-order valence-corrected chi connectivity index (χ2v) is 6.37. The van der Waals surface area contributed by atoms with Crippen molar-refractivity contribution in [2.75, 3.05) is 51.8 Å². The third-order valence-corrected chi connectivity index (χ3v) is 4.80. The fourth-order valence-corrected chi connectivity index (χ4v) is 3.44. The summed E-state index contributed by atoms with van der Waals surface area (Å²) in [7, 11) is 3.14. The maximum absolute atomic E-state index is 12.8. The lowest BCUT2D eigenvalue weighted by atomic mass is 10.1. The van der Waals surface area contributed by atoms with Crippen molar-refractivity contribution in [1.29, 1.82) is 0 Å². The maximum Gasteiger partial charge on any atom is 0.228 e. The largest absolute Gasteiger partial charge is 0.497 e. The normalized spacial score (nSPS) is 21.2. The van der Waals surface area contributed by atoms with Gasteiger partial charge in [0.1, 0.15) is 11.5 Å². The fraction of sp³-hybridized carbons (Fsp3) is 0.556. The number of benzene rings is 1. The Morgan fingerprint density at radius 3 is 2.80 bits per heavy atom. The quantitative estimate of drug-likeness (QED) is 0.875. The molecule has 0 bridgehead atoms. The number of methoxy groups -OCH3 is 2. The lowest BCUT2D eigenvalue weighted by Crippen LogP contribution is -2.39. The van der Waals surface area contributed by atoms with Gasteiger partial charge in [0.15, 0.2) is 0 Å². The zero-order valence-corrected chi connectivity index (χ0v) is 14.8. The van der Waals surface area contributed by atoms with Crippen LogP contribution in [-0.2, 0) is 9.59 Å². The number of nitrogens with one attached hydrogen (secondary N) is 1. The molecule has 2 aliphatic heterocycles. The molecule has 2 amide bonds. The van der Waals surface area contributed by atoms with Gasteiger partial charge >= 0.3 is 0 Å². The molecular formula is C18H25N3O4. The highest BCUT2D eigenvalue weighted by Crippen LogP contribution is 2.36. The van der Waals surface area contributed by atoms with Crippen LogP contribution in [0.15, 0.2) is 18.2 Å². The number of hydrogen-bond donors (Lipinski definition) is 1. The molecule has 0 aliphatic carbocycles. The van der Waals surface area contributed by atoms with E-state index in [9.17, 15) is 9.59 Å². The standard InChI is InChI=1S/C18H25N3O4/c1-24-14-4-5-15(16(11-14)25-2)21-12-13(10-17(21)22)18(23)20-8-3-6-19-7-9-20/h4-5,11,13,19H,3,6-10,12H2,1-2H3. The Labute approximate surface area is 147 Å². The van der Waals surface area contributed by atoms with Gasteiger partial charge in [0.05, 0.1) is 25.8 Å². The zero-order valence-electron chi connectivity index (χ0n) is 14.8. The van der Waals surface area contributed by atoms with Crippen LogP contribution < -0.4 is 19.7 Å². The number of hydrogen-bond acceptors (Lipinski definition) is 5. The summed E-state index contributed by atoms with van der Waals surface area (Å²) in [5, 5.41) is 3.29. The third kappa shape index (κ3) is 3.71. The zero-order chi connectivity index (χ0) is 17.8. The summed E-state index contributed by atoms with van der Waals surface area (Å²) in [5.74, 6) is 0.968. The van der Waals surface area contributed by atoms with Crippen molar-refractivity contribution >= 4 is 17.5 Å². The van der Waals surface area contributed by atoms with Gasteiger partial charge in [-0.1, -0.05) is 0 Å². The van der Waals surface area contributed by atoms with Crippen LogP contribution in [0.4, 0.5) is 5.69 Å². The highest BCUT2D eigenvalue weighted by atomic mass is 16.5. The minimum Gasteiger partial charge on any atom is -0.497 e. The summed E-state index contributed by atoms with van der Waals surface area (Å²) in [6.07, 6.45) is 1.19. The third-order valence-electron chi connectivity index (χ3n) is 4.80. The molecule has 0 aromatic heterocycles. The summed E-state index contributed by atoms with van der Waals surface area (Å²) < 4.78 is 10.6. The summed E-state index contributed by atoms with van der Waals surface area (Å²) in [5.41, 5.74) is 0.682. The van der Waals surface area contributed by atoms with Gasteiger partial charge < -0.3 is 24.6 Å². The molecule has 0 radical (unpaired) electrons. The van der Waals surface area contributed by atoms with Crippen LogP contribution in [0.3, 0.4) is 0 Å². The number of nitrogens with zero attached hydrogens (tertiary/aromatic N) is 2. The SMILES string of the molecule is COc1ccc(N2CC(C(=O)N3CCCNCC3)CC2=O)c(OC)c1. The monoisotopic (exact) mass is 347 g/mol. The van der Waals surface area contributed by atoms with Crippen molar-refractivity contribution in [2.45, 2.75) is 12.8 Å². The molecule has 1 unspecified atom stereocenters. The van der Waals surface area contributed by atoms with Gasteiger partial charge in [0.2, 0.25) is 11.8 Å². The summed E-state index contributed by atoms with van der Waals surface area (Å²) in [4.78, 5) is 28.8. The molecule has 2 heterocycles. The number of carbonyl (C=O) groups is 2. The van der Waals surface area contributed by atoms with Gasteiger partial charge in [-0.2, -0.15) is 0 Å². The number of anilines is 1. The molecule has 7 nitrogen and oxygen atoms in total.